The predicted molar refractivity (Wildman–Crippen MR) is 45.3 cm³/mol. The van der Waals surface area contributed by atoms with E-state index in [1.165, 1.54) is 19.1 Å². The monoisotopic (exact) mass is 172 g/mol. The van der Waals surface area contributed by atoms with E-state index in [2.05, 4.69) is 6.92 Å². The second-order valence-electron chi connectivity index (χ2n) is 2.92. The Morgan fingerprint density at radius 1 is 1.50 bits per heavy atom. The highest BCUT2D eigenvalue weighted by Gasteiger charge is 2.17. The summed E-state index contributed by atoms with van der Waals surface area (Å²) in [6, 6.07) is 0. The van der Waals surface area contributed by atoms with Crippen LogP contribution in [-0.4, -0.2) is 18.0 Å². The Morgan fingerprint density at radius 3 is 2.92 bits per heavy atom. The van der Waals surface area contributed by atoms with Crippen LogP contribution < -0.4 is 0 Å². The number of unbranched alkanes of at least 4 members (excludes halogenated alkanes) is 2. The average Bonchev–Trinajstić information content (AvgIpc) is 2.53. The van der Waals surface area contributed by atoms with Crippen molar-refractivity contribution in [2.75, 3.05) is 6.61 Å². The number of hydrogen-bond donors (Lipinski definition) is 1. The van der Waals surface area contributed by atoms with Crippen molar-refractivity contribution in [3.8, 4) is 0 Å². The molecule has 70 valence electrons. The molecule has 0 saturated heterocycles. The number of ether oxygens (including phenoxy) is 2. The SMILES string of the molecule is CCCCCC1OC=C(CO)O1. The van der Waals surface area contributed by atoms with Gasteiger partial charge in [-0.3, -0.25) is 0 Å². The fourth-order valence-electron chi connectivity index (χ4n) is 1.14. The van der Waals surface area contributed by atoms with Gasteiger partial charge in [-0.05, 0) is 6.42 Å². The van der Waals surface area contributed by atoms with E-state index in [1.54, 1.807) is 0 Å². The molecule has 1 rings (SSSR count). The largest absolute Gasteiger partial charge is 0.459 e. The Bertz CT molecular complexity index is 154. The first-order chi connectivity index (χ1) is 5.86. The van der Waals surface area contributed by atoms with Gasteiger partial charge in [-0.2, -0.15) is 0 Å². The van der Waals surface area contributed by atoms with Gasteiger partial charge in [0.05, 0.1) is 0 Å². The van der Waals surface area contributed by atoms with Crippen molar-refractivity contribution in [3.05, 3.63) is 12.0 Å². The van der Waals surface area contributed by atoms with Crippen molar-refractivity contribution in [2.45, 2.75) is 38.9 Å². The zero-order valence-electron chi connectivity index (χ0n) is 7.45. The average molecular weight is 172 g/mol. The van der Waals surface area contributed by atoms with Gasteiger partial charge in [-0.25, -0.2) is 0 Å². The van der Waals surface area contributed by atoms with Crippen LogP contribution in [0, 0.1) is 0 Å². The summed E-state index contributed by atoms with van der Waals surface area (Å²) in [4.78, 5) is 0. The number of rotatable bonds is 5. The van der Waals surface area contributed by atoms with E-state index in [0.29, 0.717) is 5.76 Å². The first kappa shape index (κ1) is 9.39. The van der Waals surface area contributed by atoms with Crippen molar-refractivity contribution in [1.82, 2.24) is 0 Å². The minimum atomic E-state index is -0.154. The Hall–Kier alpha value is -0.700. The summed E-state index contributed by atoms with van der Waals surface area (Å²) in [7, 11) is 0. The molecule has 0 aromatic rings. The second-order valence-corrected chi connectivity index (χ2v) is 2.92. The maximum Gasteiger partial charge on any atom is 0.240 e. The molecule has 1 aliphatic heterocycles. The van der Waals surface area contributed by atoms with Crippen LogP contribution in [0.15, 0.2) is 12.0 Å². The first-order valence-electron chi connectivity index (χ1n) is 4.49. The molecule has 0 amide bonds. The Morgan fingerprint density at radius 2 is 2.33 bits per heavy atom. The van der Waals surface area contributed by atoms with E-state index < -0.39 is 0 Å². The highest BCUT2D eigenvalue weighted by molar-refractivity contribution is 4.91. The molecule has 0 saturated carbocycles. The topological polar surface area (TPSA) is 38.7 Å². The van der Waals surface area contributed by atoms with Gasteiger partial charge >= 0.3 is 0 Å². The van der Waals surface area contributed by atoms with E-state index in [9.17, 15) is 0 Å². The molecule has 0 spiro atoms. The number of aliphatic hydroxyl groups excluding tert-OH is 1. The third kappa shape index (κ3) is 2.74. The van der Waals surface area contributed by atoms with E-state index in [1.807, 2.05) is 0 Å². The van der Waals surface area contributed by atoms with Gasteiger partial charge in [0.15, 0.2) is 5.76 Å². The predicted octanol–water partition coefficient (Wildman–Crippen LogP) is 1.77. The van der Waals surface area contributed by atoms with E-state index in [0.717, 1.165) is 12.8 Å². The molecular formula is C9H16O3. The van der Waals surface area contributed by atoms with Crippen LogP contribution in [0.3, 0.4) is 0 Å². The molecule has 0 aromatic carbocycles. The van der Waals surface area contributed by atoms with Gasteiger partial charge in [-0.15, -0.1) is 0 Å². The summed E-state index contributed by atoms with van der Waals surface area (Å²) in [5, 5.41) is 8.68. The van der Waals surface area contributed by atoms with Crippen LogP contribution >= 0.6 is 0 Å². The van der Waals surface area contributed by atoms with Crippen LogP contribution in [0.5, 0.6) is 0 Å². The van der Waals surface area contributed by atoms with Crippen LogP contribution in [0.4, 0.5) is 0 Å². The molecule has 12 heavy (non-hydrogen) atoms. The molecule has 1 heterocycles. The lowest BCUT2D eigenvalue weighted by molar-refractivity contribution is -0.0433. The molecule has 3 heteroatoms. The van der Waals surface area contributed by atoms with Crippen LogP contribution in [0.1, 0.15) is 32.6 Å². The smallest absolute Gasteiger partial charge is 0.240 e. The zero-order chi connectivity index (χ0) is 8.81. The molecule has 0 radical (unpaired) electrons. The maximum absolute atomic E-state index is 8.68. The molecule has 3 nitrogen and oxygen atoms in total. The van der Waals surface area contributed by atoms with E-state index >= 15 is 0 Å². The van der Waals surface area contributed by atoms with Crippen molar-refractivity contribution >= 4 is 0 Å². The normalized spacial score (nSPS) is 21.5. The second kappa shape index (κ2) is 5.04. The van der Waals surface area contributed by atoms with Gasteiger partial charge in [0.2, 0.25) is 6.29 Å². The van der Waals surface area contributed by atoms with Crippen LogP contribution in [0.2, 0.25) is 0 Å². The fourth-order valence-corrected chi connectivity index (χ4v) is 1.14. The van der Waals surface area contributed by atoms with Crippen molar-refractivity contribution in [1.29, 1.82) is 0 Å². The molecule has 0 bridgehead atoms. The lowest BCUT2D eigenvalue weighted by Gasteiger charge is -2.10. The molecule has 1 unspecified atom stereocenters. The summed E-state index contributed by atoms with van der Waals surface area (Å²) in [6.45, 7) is 2.10. The van der Waals surface area contributed by atoms with Crippen molar-refractivity contribution in [2.24, 2.45) is 0 Å². The molecule has 1 N–H and O–H groups in total. The van der Waals surface area contributed by atoms with Gasteiger partial charge in [0.1, 0.15) is 12.9 Å². The lowest BCUT2D eigenvalue weighted by atomic mass is 10.2. The minimum Gasteiger partial charge on any atom is -0.459 e. The van der Waals surface area contributed by atoms with E-state index in [-0.39, 0.29) is 12.9 Å². The molecule has 1 aliphatic rings. The standard InChI is InChI=1S/C9H16O3/c1-2-3-4-5-9-11-7-8(6-10)12-9/h7,9-10H,2-6H2,1H3. The van der Waals surface area contributed by atoms with E-state index in [4.69, 9.17) is 14.6 Å². The Kier molecular flexibility index (Phi) is 3.94. The summed E-state index contributed by atoms with van der Waals surface area (Å²) < 4.78 is 10.4. The van der Waals surface area contributed by atoms with Gasteiger partial charge in [0, 0.05) is 6.42 Å². The molecule has 0 aromatic heterocycles. The zero-order valence-corrected chi connectivity index (χ0v) is 7.45. The molecular weight excluding hydrogens is 156 g/mol. The van der Waals surface area contributed by atoms with Crippen molar-refractivity contribution in [3.63, 3.8) is 0 Å². The first-order valence-corrected chi connectivity index (χ1v) is 4.49. The summed E-state index contributed by atoms with van der Waals surface area (Å²) in [5.74, 6) is 0.538. The third-order valence-corrected chi connectivity index (χ3v) is 1.83. The van der Waals surface area contributed by atoms with Crippen molar-refractivity contribution < 1.29 is 14.6 Å². The quantitative estimate of drug-likeness (QED) is 0.642. The molecule has 1 atom stereocenters. The fraction of sp³-hybridized carbons (Fsp3) is 0.778. The van der Waals surface area contributed by atoms with Crippen LogP contribution in [-0.2, 0) is 9.47 Å². The highest BCUT2D eigenvalue weighted by atomic mass is 16.7. The highest BCUT2D eigenvalue weighted by Crippen LogP contribution is 2.18. The summed E-state index contributed by atoms with van der Waals surface area (Å²) in [5.41, 5.74) is 0. The summed E-state index contributed by atoms with van der Waals surface area (Å²) >= 11 is 0. The molecule has 0 aliphatic carbocycles. The third-order valence-electron chi connectivity index (χ3n) is 1.83. The maximum atomic E-state index is 8.68. The van der Waals surface area contributed by atoms with Gasteiger partial charge in [0.25, 0.3) is 0 Å². The van der Waals surface area contributed by atoms with Gasteiger partial charge in [-0.1, -0.05) is 19.8 Å². The van der Waals surface area contributed by atoms with Crippen LogP contribution in [0.25, 0.3) is 0 Å². The summed E-state index contributed by atoms with van der Waals surface area (Å²) in [6.07, 6.45) is 5.78. The molecule has 0 fully saturated rings. The Balaban J connectivity index is 2.06. The Labute approximate surface area is 73.0 Å². The number of hydrogen-bond acceptors (Lipinski definition) is 3. The van der Waals surface area contributed by atoms with Gasteiger partial charge < -0.3 is 14.6 Å². The number of aliphatic hydroxyl groups is 1. The minimum absolute atomic E-state index is 0.0652. The lowest BCUT2D eigenvalue weighted by Crippen LogP contribution is -2.08.